The summed E-state index contributed by atoms with van der Waals surface area (Å²) in [5.41, 5.74) is 7.14. The summed E-state index contributed by atoms with van der Waals surface area (Å²) in [7, 11) is -3.80. The van der Waals surface area contributed by atoms with Crippen molar-refractivity contribution in [3.8, 4) is 0 Å². The predicted octanol–water partition coefficient (Wildman–Crippen LogP) is 0.956. The third-order valence-corrected chi connectivity index (χ3v) is 5.72. The predicted molar refractivity (Wildman–Crippen MR) is 91.3 cm³/mol. The van der Waals surface area contributed by atoms with Crippen molar-refractivity contribution in [3.63, 3.8) is 0 Å². The maximum atomic E-state index is 12.6. The first-order chi connectivity index (χ1) is 10.8. The molecule has 1 amide bonds. The van der Waals surface area contributed by atoms with Gasteiger partial charge in [-0.2, -0.15) is 8.42 Å². The number of hydrogen-bond donors (Lipinski definition) is 3. The van der Waals surface area contributed by atoms with Gasteiger partial charge in [-0.15, -0.1) is 0 Å². The van der Waals surface area contributed by atoms with E-state index in [4.69, 9.17) is 10.9 Å². The van der Waals surface area contributed by atoms with Crippen molar-refractivity contribution in [1.82, 2.24) is 0 Å². The number of carbonyl (C=O) groups is 1. The number of nitrogens with two attached hydrogens (primary N) is 2. The second-order valence-electron chi connectivity index (χ2n) is 5.86. The summed E-state index contributed by atoms with van der Waals surface area (Å²) in [6.45, 7) is 4.45. The first kappa shape index (κ1) is 17.7. The Bertz CT molecular complexity index is 690. The van der Waals surface area contributed by atoms with Crippen LogP contribution in [0.5, 0.6) is 0 Å². The van der Waals surface area contributed by atoms with Crippen molar-refractivity contribution >= 4 is 27.5 Å². The van der Waals surface area contributed by atoms with Crippen molar-refractivity contribution in [2.45, 2.75) is 33.1 Å². The van der Waals surface area contributed by atoms with Crippen molar-refractivity contribution in [2.24, 2.45) is 16.3 Å². The fourth-order valence-electron chi connectivity index (χ4n) is 2.91. The molecule has 23 heavy (non-hydrogen) atoms. The van der Waals surface area contributed by atoms with Gasteiger partial charge in [0.2, 0.25) is 5.91 Å². The van der Waals surface area contributed by atoms with Gasteiger partial charge in [0.15, 0.2) is 0 Å². The SMILES string of the molecule is CCC(CC)(CN)C(=O)Nc1ccc2c(c1)N(S(N)(=O)=O)CC2. The highest BCUT2D eigenvalue weighted by molar-refractivity contribution is 7.90. The van der Waals surface area contributed by atoms with Crippen LogP contribution in [0.25, 0.3) is 0 Å². The van der Waals surface area contributed by atoms with Crippen LogP contribution in [0, 0.1) is 5.41 Å². The normalized spacial score (nSPS) is 14.7. The highest BCUT2D eigenvalue weighted by atomic mass is 32.2. The highest BCUT2D eigenvalue weighted by Crippen LogP contribution is 2.33. The van der Waals surface area contributed by atoms with E-state index in [1.54, 1.807) is 12.1 Å². The largest absolute Gasteiger partial charge is 0.329 e. The Balaban J connectivity index is 2.29. The molecule has 1 aromatic carbocycles. The third-order valence-electron chi connectivity index (χ3n) is 4.73. The lowest BCUT2D eigenvalue weighted by Crippen LogP contribution is -2.41. The van der Waals surface area contributed by atoms with Crippen molar-refractivity contribution < 1.29 is 13.2 Å². The summed E-state index contributed by atoms with van der Waals surface area (Å²) >= 11 is 0. The fraction of sp³-hybridized carbons (Fsp3) is 0.533. The summed E-state index contributed by atoms with van der Waals surface area (Å²) < 4.78 is 24.4. The lowest BCUT2D eigenvalue weighted by atomic mass is 9.81. The highest BCUT2D eigenvalue weighted by Gasteiger charge is 2.34. The van der Waals surface area contributed by atoms with E-state index < -0.39 is 15.6 Å². The molecule has 0 saturated carbocycles. The molecule has 1 aromatic rings. The third kappa shape index (κ3) is 3.34. The van der Waals surface area contributed by atoms with Crippen LogP contribution in [0.4, 0.5) is 11.4 Å². The van der Waals surface area contributed by atoms with Crippen LogP contribution in [-0.4, -0.2) is 27.4 Å². The lowest BCUT2D eigenvalue weighted by molar-refractivity contribution is -0.125. The van der Waals surface area contributed by atoms with Crippen LogP contribution in [0.15, 0.2) is 18.2 Å². The maximum Gasteiger partial charge on any atom is 0.299 e. The molecule has 0 fully saturated rings. The zero-order valence-corrected chi connectivity index (χ0v) is 14.3. The minimum atomic E-state index is -3.80. The average Bonchev–Trinajstić information content (AvgIpc) is 2.93. The number of rotatable bonds is 6. The van der Waals surface area contributed by atoms with E-state index in [0.717, 1.165) is 9.87 Å². The van der Waals surface area contributed by atoms with Crippen LogP contribution in [-0.2, 0) is 21.4 Å². The summed E-state index contributed by atoms with van der Waals surface area (Å²) in [4.78, 5) is 12.6. The Morgan fingerprint density at radius 3 is 2.52 bits per heavy atom. The zero-order chi connectivity index (χ0) is 17.3. The average molecular weight is 340 g/mol. The van der Waals surface area contributed by atoms with Crippen molar-refractivity contribution in [2.75, 3.05) is 22.7 Å². The molecule has 1 aliphatic heterocycles. The summed E-state index contributed by atoms with van der Waals surface area (Å²) in [6.07, 6.45) is 1.89. The standard InChI is InChI=1S/C15H24N4O3S/c1-3-15(4-2,10-16)14(20)18-12-6-5-11-7-8-19(13(11)9-12)23(17,21)22/h5-6,9H,3-4,7-8,10,16H2,1-2H3,(H,18,20)(H2,17,21,22). The number of carbonyl (C=O) groups excluding carboxylic acids is 1. The van der Waals surface area contributed by atoms with Gasteiger partial charge in [-0.3, -0.25) is 9.10 Å². The molecule has 0 radical (unpaired) electrons. The number of fused-ring (bicyclic) bond motifs is 1. The van der Waals surface area contributed by atoms with Gasteiger partial charge in [0.1, 0.15) is 0 Å². The van der Waals surface area contributed by atoms with Gasteiger partial charge in [0, 0.05) is 18.8 Å². The summed E-state index contributed by atoms with van der Waals surface area (Å²) in [5, 5.41) is 8.09. The number of hydrogen-bond acceptors (Lipinski definition) is 4. The first-order valence-electron chi connectivity index (χ1n) is 7.72. The Labute approximate surface area is 137 Å². The van der Waals surface area contributed by atoms with Gasteiger partial charge in [0.25, 0.3) is 10.2 Å². The van der Waals surface area contributed by atoms with Gasteiger partial charge in [-0.05, 0) is 37.0 Å². The van der Waals surface area contributed by atoms with Gasteiger partial charge in [-0.25, -0.2) is 5.14 Å². The van der Waals surface area contributed by atoms with Crippen LogP contribution in [0.3, 0.4) is 0 Å². The molecule has 0 bridgehead atoms. The number of benzene rings is 1. The minimum absolute atomic E-state index is 0.148. The fourth-order valence-corrected chi connectivity index (χ4v) is 3.70. The molecular weight excluding hydrogens is 316 g/mol. The van der Waals surface area contributed by atoms with Crippen LogP contribution < -0.4 is 20.5 Å². The molecular formula is C15H24N4O3S. The molecule has 5 N–H and O–H groups in total. The van der Waals surface area contributed by atoms with Crippen molar-refractivity contribution in [1.29, 1.82) is 0 Å². The van der Waals surface area contributed by atoms with E-state index in [1.165, 1.54) is 0 Å². The molecule has 0 atom stereocenters. The Kier molecular flexibility index (Phi) is 4.98. The smallest absolute Gasteiger partial charge is 0.299 e. The van der Waals surface area contributed by atoms with E-state index in [1.807, 2.05) is 19.9 Å². The Morgan fingerprint density at radius 1 is 1.35 bits per heavy atom. The number of anilines is 2. The lowest BCUT2D eigenvalue weighted by Gasteiger charge is -2.28. The molecule has 0 saturated heterocycles. The van der Waals surface area contributed by atoms with E-state index >= 15 is 0 Å². The monoisotopic (exact) mass is 340 g/mol. The van der Waals surface area contributed by atoms with Gasteiger partial charge < -0.3 is 11.1 Å². The molecule has 128 valence electrons. The van der Waals surface area contributed by atoms with Crippen LogP contribution in [0.1, 0.15) is 32.3 Å². The number of amides is 1. The molecule has 0 unspecified atom stereocenters. The van der Waals surface area contributed by atoms with E-state index in [9.17, 15) is 13.2 Å². The first-order valence-corrected chi connectivity index (χ1v) is 9.22. The molecule has 0 spiro atoms. The topological polar surface area (TPSA) is 119 Å². The molecule has 0 aromatic heterocycles. The van der Waals surface area contributed by atoms with Crippen LogP contribution in [0.2, 0.25) is 0 Å². The van der Waals surface area contributed by atoms with E-state index in [2.05, 4.69) is 5.32 Å². The van der Waals surface area contributed by atoms with E-state index in [0.29, 0.717) is 37.2 Å². The summed E-state index contributed by atoms with van der Waals surface area (Å²) in [6, 6.07) is 5.24. The summed E-state index contributed by atoms with van der Waals surface area (Å²) in [5.74, 6) is -0.148. The molecule has 2 rings (SSSR count). The van der Waals surface area contributed by atoms with Gasteiger partial charge in [-0.1, -0.05) is 19.9 Å². The van der Waals surface area contributed by atoms with Gasteiger partial charge >= 0.3 is 0 Å². The maximum absolute atomic E-state index is 12.6. The zero-order valence-electron chi connectivity index (χ0n) is 13.5. The van der Waals surface area contributed by atoms with Crippen LogP contribution >= 0.6 is 0 Å². The number of nitrogens with one attached hydrogen (secondary N) is 1. The second-order valence-corrected chi connectivity index (χ2v) is 7.33. The quantitative estimate of drug-likeness (QED) is 0.714. The van der Waals surface area contributed by atoms with Crippen molar-refractivity contribution in [3.05, 3.63) is 23.8 Å². The molecule has 0 aliphatic carbocycles. The molecule has 8 heteroatoms. The van der Waals surface area contributed by atoms with Gasteiger partial charge in [0.05, 0.1) is 11.1 Å². The second kappa shape index (κ2) is 6.46. The minimum Gasteiger partial charge on any atom is -0.329 e. The Morgan fingerprint density at radius 2 is 2.00 bits per heavy atom. The molecule has 1 aliphatic rings. The van der Waals surface area contributed by atoms with E-state index in [-0.39, 0.29) is 12.5 Å². The molecule has 7 nitrogen and oxygen atoms in total. The molecule has 1 heterocycles. The number of nitrogens with zero attached hydrogens (tertiary/aromatic N) is 1. The Hall–Kier alpha value is -1.64.